The maximum absolute atomic E-state index is 15.0. The lowest BCUT2D eigenvalue weighted by Gasteiger charge is -2.39. The second kappa shape index (κ2) is 10.3. The number of aryl methyl sites for hydroxylation is 1. The third-order valence-corrected chi connectivity index (χ3v) is 5.51. The van der Waals surface area contributed by atoms with Crippen LogP contribution in [0.25, 0.3) is 0 Å². The maximum Gasteiger partial charge on any atom is 0.573 e. The molecule has 190 valence electrons. The van der Waals surface area contributed by atoms with E-state index < -0.39 is 23.8 Å². The minimum Gasteiger partial charge on any atom is -0.406 e. The Morgan fingerprint density at radius 2 is 1.89 bits per heavy atom. The first-order valence-electron chi connectivity index (χ1n) is 11.3. The lowest BCUT2D eigenvalue weighted by atomic mass is 9.61. The van der Waals surface area contributed by atoms with Gasteiger partial charge in [0.05, 0.1) is 34.1 Å². The first kappa shape index (κ1) is 27.8. The largest absolute Gasteiger partial charge is 0.573 e. The van der Waals surface area contributed by atoms with Crippen molar-refractivity contribution in [3.63, 3.8) is 0 Å². The van der Waals surface area contributed by atoms with Crippen molar-refractivity contribution in [1.82, 2.24) is 4.98 Å². The average molecular weight is 503 g/mol. The average Bonchev–Trinajstić information content (AvgIpc) is 2.87. The molecule has 4 radical (unpaired) electrons. The third-order valence-electron chi connectivity index (χ3n) is 5.51. The van der Waals surface area contributed by atoms with E-state index in [1.165, 1.54) is 29.2 Å². The van der Waals surface area contributed by atoms with Crippen molar-refractivity contribution in [2.24, 2.45) is 5.41 Å². The molecule has 1 aromatic carbocycles. The zero-order valence-electron chi connectivity index (χ0n) is 20.6. The fourth-order valence-electron chi connectivity index (χ4n) is 3.90. The monoisotopic (exact) mass is 503 g/mol. The molecular weight excluding hydrogens is 476 g/mol. The van der Waals surface area contributed by atoms with Crippen molar-refractivity contribution < 1.29 is 31.8 Å². The zero-order valence-corrected chi connectivity index (χ0v) is 20.6. The van der Waals surface area contributed by atoms with Crippen LogP contribution in [0.2, 0.25) is 0 Å². The summed E-state index contributed by atoms with van der Waals surface area (Å²) < 4.78 is 61.9. The summed E-state index contributed by atoms with van der Waals surface area (Å²) in [4.78, 5) is 17.8. The summed E-state index contributed by atoms with van der Waals surface area (Å²) in [6.45, 7) is 7.40. The quantitative estimate of drug-likeness (QED) is 0.363. The molecule has 0 saturated carbocycles. The van der Waals surface area contributed by atoms with Crippen molar-refractivity contribution in [3.05, 3.63) is 47.4 Å². The van der Waals surface area contributed by atoms with Gasteiger partial charge < -0.3 is 19.7 Å². The normalized spacial score (nSPS) is 18.4. The molecule has 1 atom stereocenters. The molecule has 1 saturated heterocycles. The first-order valence-corrected chi connectivity index (χ1v) is 11.3. The smallest absolute Gasteiger partial charge is 0.406 e. The van der Waals surface area contributed by atoms with E-state index in [4.69, 9.17) is 20.4 Å². The number of nitrogens with zero attached hydrogens (tertiary/aromatic N) is 2. The van der Waals surface area contributed by atoms with E-state index in [2.05, 4.69) is 15.0 Å². The fraction of sp³-hybridized carbons (Fsp3) is 0.500. The summed E-state index contributed by atoms with van der Waals surface area (Å²) >= 11 is 0. The van der Waals surface area contributed by atoms with Gasteiger partial charge in [-0.1, -0.05) is 32.9 Å². The van der Waals surface area contributed by atoms with Crippen molar-refractivity contribution in [2.45, 2.75) is 58.3 Å². The molecule has 0 spiro atoms. The number of rotatable bonds is 5. The molecule has 2 heterocycles. The zero-order chi connectivity index (χ0) is 26.9. The number of amides is 1. The highest BCUT2D eigenvalue weighted by Gasteiger charge is 2.34. The fourth-order valence-corrected chi connectivity index (χ4v) is 3.90. The summed E-state index contributed by atoms with van der Waals surface area (Å²) in [6, 6.07) is 6.90. The minimum absolute atomic E-state index is 0.0160. The van der Waals surface area contributed by atoms with Crippen LogP contribution in [0.1, 0.15) is 50.8 Å². The van der Waals surface area contributed by atoms with Crippen LogP contribution >= 0.6 is 0 Å². The number of halogens is 4. The molecule has 0 bridgehead atoms. The second-order valence-electron chi connectivity index (χ2n) is 10.1. The number of carbonyl (C=O) groups is 1. The van der Waals surface area contributed by atoms with Gasteiger partial charge in [0.2, 0.25) is 11.9 Å². The van der Waals surface area contributed by atoms with E-state index in [1.54, 1.807) is 13.0 Å². The number of hydrogen-bond donors (Lipinski definition) is 1. The van der Waals surface area contributed by atoms with Gasteiger partial charge in [-0.05, 0) is 53.4 Å². The van der Waals surface area contributed by atoms with Crippen LogP contribution in [0, 0.1) is 18.3 Å². The first-order chi connectivity index (χ1) is 16.5. The number of ether oxygens (including phenoxy) is 2. The predicted octanol–water partition coefficient (Wildman–Crippen LogP) is 4.76. The number of anilines is 2. The van der Waals surface area contributed by atoms with Gasteiger partial charge in [-0.15, -0.1) is 13.2 Å². The molecule has 1 fully saturated rings. The third kappa shape index (κ3) is 7.38. The number of benzene rings is 1. The maximum atomic E-state index is 15.0. The molecule has 36 heavy (non-hydrogen) atoms. The van der Waals surface area contributed by atoms with Crippen molar-refractivity contribution >= 4 is 33.1 Å². The molecule has 1 unspecified atom stereocenters. The van der Waals surface area contributed by atoms with Gasteiger partial charge in [-0.3, -0.25) is 4.79 Å². The summed E-state index contributed by atoms with van der Waals surface area (Å²) in [7, 11) is 12.6. The van der Waals surface area contributed by atoms with Gasteiger partial charge in [-0.25, -0.2) is 4.98 Å². The molecule has 1 aromatic heterocycles. The Kier molecular flexibility index (Phi) is 7.98. The van der Waals surface area contributed by atoms with E-state index in [0.29, 0.717) is 17.5 Å². The van der Waals surface area contributed by atoms with Crippen LogP contribution in [-0.2, 0) is 9.53 Å². The van der Waals surface area contributed by atoms with Crippen LogP contribution in [0.15, 0.2) is 30.3 Å². The predicted molar refractivity (Wildman–Crippen MR) is 130 cm³/mol. The van der Waals surface area contributed by atoms with Gasteiger partial charge in [0.1, 0.15) is 11.6 Å². The van der Waals surface area contributed by atoms with Gasteiger partial charge in [-0.2, -0.15) is 4.39 Å². The van der Waals surface area contributed by atoms with Crippen molar-refractivity contribution in [3.8, 4) is 5.75 Å². The Bertz CT molecular complexity index is 1070. The molecule has 1 aliphatic heterocycles. The lowest BCUT2D eigenvalue weighted by molar-refractivity contribution is -0.274. The second-order valence-corrected chi connectivity index (χ2v) is 10.1. The summed E-state index contributed by atoms with van der Waals surface area (Å²) in [5.41, 5.74) is 0.763. The number of aromatic nitrogens is 1. The Morgan fingerprint density at radius 1 is 1.25 bits per heavy atom. The minimum atomic E-state index is -4.79. The molecule has 1 N–H and O–H groups in total. The van der Waals surface area contributed by atoms with Crippen LogP contribution in [-0.4, -0.2) is 51.4 Å². The molecule has 1 amide bonds. The summed E-state index contributed by atoms with van der Waals surface area (Å²) in [6.07, 6.45) is -4.76. The topological polar surface area (TPSA) is 63.7 Å². The number of carbonyl (C=O) groups excluding carboxylic acids is 1. The Labute approximate surface area is 210 Å². The molecule has 3 rings (SSSR count). The highest BCUT2D eigenvalue weighted by Crippen LogP contribution is 2.33. The molecule has 12 heteroatoms. The molecule has 2 aromatic rings. The number of nitrogens with one attached hydrogen (secondary N) is 1. The molecular formula is C24H27B2F4N3O3. The van der Waals surface area contributed by atoms with Gasteiger partial charge in [0.15, 0.2) is 0 Å². The van der Waals surface area contributed by atoms with E-state index in [1.807, 2.05) is 20.8 Å². The van der Waals surface area contributed by atoms with Crippen LogP contribution in [0.5, 0.6) is 5.75 Å². The highest BCUT2D eigenvalue weighted by molar-refractivity contribution is 6.42. The number of pyridine rings is 1. The van der Waals surface area contributed by atoms with Crippen LogP contribution < -0.4 is 15.0 Å². The van der Waals surface area contributed by atoms with Crippen molar-refractivity contribution in [1.29, 1.82) is 0 Å². The van der Waals surface area contributed by atoms with Gasteiger partial charge in [0, 0.05) is 13.0 Å². The molecule has 0 aliphatic carbocycles. The number of hydrogen-bond acceptors (Lipinski definition) is 5. The lowest BCUT2D eigenvalue weighted by Crippen LogP contribution is -2.53. The summed E-state index contributed by atoms with van der Waals surface area (Å²) in [5, 5.41) is 1.04. The van der Waals surface area contributed by atoms with E-state index >= 15 is 0 Å². The SMILES string of the molecule is [B]C1([B])COC(c2ccc(OC(F)(F)F)cc2)CCN1c1cc(C)c(NC(=O)CC(C)(C)C)c(F)n1. The van der Waals surface area contributed by atoms with Crippen molar-refractivity contribution in [2.75, 3.05) is 23.4 Å². The Hall–Kier alpha value is -2.75. The molecule has 1 aliphatic rings. The van der Waals surface area contributed by atoms with Crippen LogP contribution in [0.3, 0.4) is 0 Å². The van der Waals surface area contributed by atoms with E-state index in [0.717, 1.165) is 0 Å². The summed E-state index contributed by atoms with van der Waals surface area (Å²) in [5.74, 6) is -1.38. The van der Waals surface area contributed by atoms with Gasteiger partial charge in [0.25, 0.3) is 0 Å². The Morgan fingerprint density at radius 3 is 2.44 bits per heavy atom. The van der Waals surface area contributed by atoms with Gasteiger partial charge >= 0.3 is 6.36 Å². The number of alkyl halides is 3. The molecule has 6 nitrogen and oxygen atoms in total. The van der Waals surface area contributed by atoms with Crippen LogP contribution in [0.4, 0.5) is 29.1 Å². The standard InChI is InChI=1S/C24H27B2F4N3O3/c1-14-11-18(31-21(27)20(14)32-19(34)12-22(2,3)4)33-10-9-17(35-13-23(33,25)26)15-5-7-16(8-6-15)36-24(28,29)30/h5-8,11,17H,9-10,12-13H2,1-4H3,(H,32,34). The Balaban J connectivity index is 1.77. The van der Waals surface area contributed by atoms with E-state index in [-0.39, 0.29) is 48.1 Å². The van der Waals surface area contributed by atoms with E-state index in [9.17, 15) is 22.4 Å². The highest BCUT2D eigenvalue weighted by atomic mass is 19.4.